The van der Waals surface area contributed by atoms with Crippen LogP contribution in [0, 0.1) is 17.8 Å². The fourth-order valence-electron chi connectivity index (χ4n) is 5.60. The van der Waals surface area contributed by atoms with Gasteiger partial charge in [0.1, 0.15) is 6.10 Å². The quantitative estimate of drug-likeness (QED) is 0.214. The Hall–Kier alpha value is -1.70. The summed E-state index contributed by atoms with van der Waals surface area (Å²) < 4.78 is 28.2. The van der Waals surface area contributed by atoms with Crippen molar-refractivity contribution in [2.75, 3.05) is 14.2 Å². The van der Waals surface area contributed by atoms with Crippen LogP contribution >= 0.6 is 0 Å². The van der Waals surface area contributed by atoms with Crippen LogP contribution in [0.1, 0.15) is 74.1 Å². The number of allylic oxidation sites excluding steroid dienone is 3. The van der Waals surface area contributed by atoms with E-state index >= 15 is 0 Å². The second-order valence-electron chi connectivity index (χ2n) is 10.7. The third kappa shape index (κ3) is 8.43. The van der Waals surface area contributed by atoms with Crippen LogP contribution in [0.25, 0.3) is 0 Å². The summed E-state index contributed by atoms with van der Waals surface area (Å²) in [5.41, 5.74) is 0.940. The van der Waals surface area contributed by atoms with Gasteiger partial charge < -0.3 is 23.7 Å². The predicted octanol–water partition coefficient (Wildman–Crippen LogP) is 5.02. The monoisotopic (exact) mass is 494 g/mol. The summed E-state index contributed by atoms with van der Waals surface area (Å²) in [4.78, 5) is 23.0. The SMILES string of the molecule is COC(=O)C[C@H]1CC[C@H](C)[C@@H](/C(C)=C/C=C/C(C)C[C@@]2(C)O[C@@H]2C(C)C(OC)C(C)OC(C)=O)O1. The highest BCUT2D eigenvalue weighted by Crippen LogP contribution is 2.47. The number of epoxide rings is 1. The fourth-order valence-corrected chi connectivity index (χ4v) is 5.60. The molecule has 0 aromatic heterocycles. The molecule has 0 saturated carbocycles. The minimum Gasteiger partial charge on any atom is -0.469 e. The Morgan fingerprint density at radius 3 is 2.43 bits per heavy atom. The molecule has 0 aromatic rings. The van der Waals surface area contributed by atoms with Crippen LogP contribution in [0.4, 0.5) is 0 Å². The molecule has 0 N–H and O–H groups in total. The van der Waals surface area contributed by atoms with Crippen LogP contribution in [-0.2, 0) is 33.3 Å². The summed E-state index contributed by atoms with van der Waals surface area (Å²) in [7, 11) is 3.06. The molecular formula is C28H46O7. The molecule has 7 nitrogen and oxygen atoms in total. The zero-order chi connectivity index (χ0) is 26.3. The average Bonchev–Trinajstić information content (AvgIpc) is 3.45. The van der Waals surface area contributed by atoms with E-state index in [0.717, 1.165) is 19.3 Å². The number of hydrogen-bond acceptors (Lipinski definition) is 7. The summed E-state index contributed by atoms with van der Waals surface area (Å²) in [5, 5.41) is 0. The molecule has 9 atom stereocenters. The summed E-state index contributed by atoms with van der Waals surface area (Å²) in [6.45, 7) is 14.0. The van der Waals surface area contributed by atoms with Gasteiger partial charge in [-0.2, -0.15) is 0 Å². The zero-order valence-electron chi connectivity index (χ0n) is 23.0. The molecule has 4 unspecified atom stereocenters. The topological polar surface area (TPSA) is 83.6 Å². The molecule has 0 bridgehead atoms. The lowest BCUT2D eigenvalue weighted by molar-refractivity contribution is -0.154. The zero-order valence-corrected chi connectivity index (χ0v) is 23.0. The van der Waals surface area contributed by atoms with Crippen molar-refractivity contribution in [2.45, 2.75) is 110 Å². The van der Waals surface area contributed by atoms with Crippen LogP contribution < -0.4 is 0 Å². The van der Waals surface area contributed by atoms with Gasteiger partial charge in [0.25, 0.3) is 0 Å². The van der Waals surface area contributed by atoms with Crippen LogP contribution in [0.3, 0.4) is 0 Å². The highest BCUT2D eigenvalue weighted by atomic mass is 16.6. The maximum Gasteiger partial charge on any atom is 0.308 e. The van der Waals surface area contributed by atoms with E-state index in [9.17, 15) is 9.59 Å². The highest BCUT2D eigenvalue weighted by Gasteiger charge is 2.57. The first-order chi connectivity index (χ1) is 16.4. The summed E-state index contributed by atoms with van der Waals surface area (Å²) in [6, 6.07) is 0. The summed E-state index contributed by atoms with van der Waals surface area (Å²) >= 11 is 0. The van der Waals surface area contributed by atoms with E-state index in [0.29, 0.717) is 18.3 Å². The van der Waals surface area contributed by atoms with Crippen molar-refractivity contribution in [1.29, 1.82) is 0 Å². The molecule has 200 valence electrons. The first-order valence-electron chi connectivity index (χ1n) is 12.9. The van der Waals surface area contributed by atoms with E-state index in [2.05, 4.69) is 52.8 Å². The molecule has 0 aromatic carbocycles. The normalized spacial score (nSPS) is 32.5. The highest BCUT2D eigenvalue weighted by molar-refractivity contribution is 5.69. The Balaban J connectivity index is 1.90. The van der Waals surface area contributed by atoms with E-state index in [1.54, 1.807) is 7.11 Å². The van der Waals surface area contributed by atoms with Crippen molar-refractivity contribution in [1.82, 2.24) is 0 Å². The van der Waals surface area contributed by atoms with E-state index in [-0.39, 0.29) is 54.0 Å². The van der Waals surface area contributed by atoms with Gasteiger partial charge in [-0.1, -0.05) is 39.0 Å². The molecule has 0 amide bonds. The summed E-state index contributed by atoms with van der Waals surface area (Å²) in [5.74, 6) is 0.306. The summed E-state index contributed by atoms with van der Waals surface area (Å²) in [6.07, 6.45) is 8.97. The second-order valence-corrected chi connectivity index (χ2v) is 10.7. The van der Waals surface area contributed by atoms with Gasteiger partial charge in [-0.15, -0.1) is 0 Å². The van der Waals surface area contributed by atoms with Crippen molar-refractivity contribution in [2.24, 2.45) is 17.8 Å². The number of carbonyl (C=O) groups is 2. The smallest absolute Gasteiger partial charge is 0.308 e. The molecule has 0 radical (unpaired) electrons. The minimum absolute atomic E-state index is 0.0121. The van der Waals surface area contributed by atoms with Gasteiger partial charge in [0.05, 0.1) is 43.5 Å². The number of carbonyl (C=O) groups excluding carboxylic acids is 2. The molecule has 0 aliphatic carbocycles. The molecule has 35 heavy (non-hydrogen) atoms. The molecule has 2 fully saturated rings. The molecule has 2 saturated heterocycles. The van der Waals surface area contributed by atoms with Crippen LogP contribution in [0.5, 0.6) is 0 Å². The van der Waals surface area contributed by atoms with Gasteiger partial charge >= 0.3 is 11.9 Å². The predicted molar refractivity (Wildman–Crippen MR) is 135 cm³/mol. The van der Waals surface area contributed by atoms with Crippen LogP contribution in [0.2, 0.25) is 0 Å². The maximum absolute atomic E-state index is 11.6. The number of hydrogen-bond donors (Lipinski definition) is 0. The molecule has 0 spiro atoms. The van der Waals surface area contributed by atoms with Gasteiger partial charge in [0.15, 0.2) is 0 Å². The Morgan fingerprint density at radius 2 is 1.83 bits per heavy atom. The molecule has 2 aliphatic rings. The lowest BCUT2D eigenvalue weighted by Crippen LogP contribution is -2.39. The number of ether oxygens (including phenoxy) is 5. The van der Waals surface area contributed by atoms with E-state index < -0.39 is 0 Å². The average molecular weight is 495 g/mol. The van der Waals surface area contributed by atoms with E-state index in [4.69, 9.17) is 23.7 Å². The standard InChI is InChI=1S/C28H46O7/c1-17(16-28(7)27(35-28)20(4)26(32-9)21(5)33-22(6)29)11-10-12-18(2)25-19(3)13-14-23(34-25)15-24(30)31-8/h10-12,17,19-21,23,25-27H,13-16H2,1-9H3/b11-10+,18-12+/t17?,19-,20?,21?,23+,25+,26?,27+,28+/m0/s1. The molecule has 2 heterocycles. The van der Waals surface area contributed by atoms with Crippen molar-refractivity contribution < 1.29 is 33.3 Å². The molecule has 2 rings (SSSR count). The number of esters is 2. The van der Waals surface area contributed by atoms with Gasteiger partial charge in [-0.05, 0) is 57.4 Å². The first kappa shape index (κ1) is 29.5. The Bertz CT molecular complexity index is 775. The Kier molecular flexibility index (Phi) is 11.0. The van der Waals surface area contributed by atoms with Gasteiger partial charge in [0.2, 0.25) is 0 Å². The van der Waals surface area contributed by atoms with Crippen molar-refractivity contribution in [3.05, 3.63) is 23.8 Å². The first-order valence-corrected chi connectivity index (χ1v) is 12.9. The molecular weight excluding hydrogens is 448 g/mol. The second kappa shape index (κ2) is 13.0. The Labute approximate surface area is 211 Å². The van der Waals surface area contributed by atoms with E-state index in [1.807, 2.05) is 6.92 Å². The van der Waals surface area contributed by atoms with Gasteiger partial charge in [-0.3, -0.25) is 9.59 Å². The molecule has 2 aliphatic heterocycles. The van der Waals surface area contributed by atoms with Crippen molar-refractivity contribution in [3.8, 4) is 0 Å². The number of methoxy groups -OCH3 is 2. The largest absolute Gasteiger partial charge is 0.469 e. The van der Waals surface area contributed by atoms with Gasteiger partial charge in [0, 0.05) is 20.0 Å². The number of rotatable bonds is 12. The van der Waals surface area contributed by atoms with Crippen LogP contribution in [0.15, 0.2) is 23.8 Å². The third-order valence-electron chi connectivity index (χ3n) is 7.42. The minimum atomic E-state index is -0.331. The van der Waals surface area contributed by atoms with Crippen molar-refractivity contribution in [3.63, 3.8) is 0 Å². The Morgan fingerprint density at radius 1 is 1.14 bits per heavy atom. The third-order valence-corrected chi connectivity index (χ3v) is 7.42. The van der Waals surface area contributed by atoms with Gasteiger partial charge in [-0.25, -0.2) is 0 Å². The van der Waals surface area contributed by atoms with Crippen LogP contribution in [-0.4, -0.2) is 62.3 Å². The lowest BCUT2D eigenvalue weighted by Gasteiger charge is -2.35. The maximum atomic E-state index is 11.6. The molecule has 7 heteroatoms. The van der Waals surface area contributed by atoms with E-state index in [1.165, 1.54) is 19.6 Å². The lowest BCUT2D eigenvalue weighted by atomic mass is 9.85. The van der Waals surface area contributed by atoms with Crippen molar-refractivity contribution >= 4 is 11.9 Å². The fraction of sp³-hybridized carbons (Fsp3) is 0.786.